The third kappa shape index (κ3) is 4.53. The summed E-state index contributed by atoms with van der Waals surface area (Å²) in [5.74, 6) is -1.30. The van der Waals surface area contributed by atoms with E-state index in [9.17, 15) is 24.5 Å². The van der Waals surface area contributed by atoms with Gasteiger partial charge in [-0.05, 0) is 17.9 Å². The van der Waals surface area contributed by atoms with Crippen LogP contribution in [0.1, 0.15) is 33.8 Å². The molecule has 0 aromatic heterocycles. The predicted octanol–water partition coefficient (Wildman–Crippen LogP) is 1.84. The molecule has 32 heavy (non-hydrogen) atoms. The number of hydrogen-bond acceptors (Lipinski definition) is 6. The van der Waals surface area contributed by atoms with Gasteiger partial charge in [-0.25, -0.2) is 0 Å². The van der Waals surface area contributed by atoms with Crippen molar-refractivity contribution >= 4 is 19.0 Å². The van der Waals surface area contributed by atoms with E-state index in [0.717, 1.165) is 13.0 Å². The molecule has 2 atom stereocenters. The van der Waals surface area contributed by atoms with Crippen LogP contribution in [0.5, 0.6) is 11.5 Å². The molecule has 0 saturated carbocycles. The van der Waals surface area contributed by atoms with E-state index in [1.807, 2.05) is 18.2 Å². The normalized spacial score (nSPS) is 20.4. The van der Waals surface area contributed by atoms with E-state index in [4.69, 9.17) is 4.74 Å². The average molecular weight is 436 g/mol. The maximum absolute atomic E-state index is 12.8. The van der Waals surface area contributed by atoms with E-state index in [2.05, 4.69) is 17.4 Å². The fraction of sp³-hybridized carbons (Fsp3) is 0.391. The summed E-state index contributed by atoms with van der Waals surface area (Å²) >= 11 is 0. The van der Waals surface area contributed by atoms with Crippen molar-refractivity contribution in [1.82, 2.24) is 10.2 Å². The van der Waals surface area contributed by atoms with Gasteiger partial charge in [-0.1, -0.05) is 30.3 Å². The number of likely N-dealkylation sites (tertiary alicyclic amines) is 1. The number of benzene rings is 2. The number of carbonyl (C=O) groups excluding carboxylic acids is 1. The number of aryl methyl sites for hydroxylation is 1. The fourth-order valence-electron chi connectivity index (χ4n) is 4.33. The molecule has 9 heteroatoms. The van der Waals surface area contributed by atoms with Crippen LogP contribution in [0.3, 0.4) is 0 Å². The zero-order valence-electron chi connectivity index (χ0n) is 17.6. The second-order valence-electron chi connectivity index (χ2n) is 8.24. The van der Waals surface area contributed by atoms with Gasteiger partial charge in [0, 0.05) is 6.54 Å². The summed E-state index contributed by atoms with van der Waals surface area (Å²) in [6, 6.07) is 12.9. The number of nitrogens with zero attached hydrogens (tertiary/aromatic N) is 1. The Balaban J connectivity index is 1.34. The van der Waals surface area contributed by atoms with Crippen LogP contribution in [0.4, 0.5) is 0 Å². The Morgan fingerprint density at radius 1 is 1.16 bits per heavy atom. The monoisotopic (exact) mass is 436 g/mol. The van der Waals surface area contributed by atoms with Crippen LogP contribution >= 0.6 is 0 Å². The number of nitrogens with one attached hydrogen (secondary N) is 1. The third-order valence-corrected chi connectivity index (χ3v) is 6.12. The zero-order valence-corrected chi connectivity index (χ0v) is 17.6. The molecule has 2 aliphatic heterocycles. The van der Waals surface area contributed by atoms with E-state index < -0.39 is 5.97 Å². The Morgan fingerprint density at radius 2 is 1.91 bits per heavy atom. The van der Waals surface area contributed by atoms with Crippen LogP contribution in [-0.2, 0) is 15.9 Å². The van der Waals surface area contributed by atoms with Crippen molar-refractivity contribution in [2.75, 3.05) is 19.6 Å². The summed E-state index contributed by atoms with van der Waals surface area (Å²) in [6.45, 7) is 1.48. The predicted molar refractivity (Wildman–Crippen MR) is 117 cm³/mol. The van der Waals surface area contributed by atoms with Gasteiger partial charge >= 0.3 is 126 Å². The topological polar surface area (TPSA) is 116 Å². The van der Waals surface area contributed by atoms with Gasteiger partial charge in [0.1, 0.15) is 0 Å². The number of carbonyl (C=O) groups is 2. The molecule has 4 rings (SSSR count). The van der Waals surface area contributed by atoms with Crippen molar-refractivity contribution in [3.63, 3.8) is 0 Å². The molecule has 2 fully saturated rings. The molecule has 3 N–H and O–H groups in total. The van der Waals surface area contributed by atoms with E-state index in [1.165, 1.54) is 11.6 Å². The molecular formula is C23H25BN2O6. The van der Waals surface area contributed by atoms with Crippen molar-refractivity contribution in [2.45, 2.75) is 37.2 Å². The number of aromatic carboxylic acids is 1. The quantitative estimate of drug-likeness (QED) is 0.541. The van der Waals surface area contributed by atoms with Crippen molar-refractivity contribution in [3.8, 4) is 11.5 Å². The first kappa shape index (κ1) is 22.0. The van der Waals surface area contributed by atoms with Gasteiger partial charge in [0.25, 0.3) is 0 Å². The number of ether oxygens (including phenoxy) is 1. The Hall–Kier alpha value is -3.20. The van der Waals surface area contributed by atoms with Crippen molar-refractivity contribution in [3.05, 3.63) is 59.2 Å². The van der Waals surface area contributed by atoms with E-state index >= 15 is 0 Å². The van der Waals surface area contributed by atoms with Crippen LogP contribution < -0.4 is 10.1 Å². The first-order valence-corrected chi connectivity index (χ1v) is 10.7. The van der Waals surface area contributed by atoms with Gasteiger partial charge in [-0.3, -0.25) is 0 Å². The van der Waals surface area contributed by atoms with Crippen LogP contribution in [0.25, 0.3) is 0 Å². The van der Waals surface area contributed by atoms with Crippen molar-refractivity contribution in [1.29, 1.82) is 0 Å². The number of amides is 1. The number of carboxylic acids is 1. The van der Waals surface area contributed by atoms with Crippen LogP contribution in [0.15, 0.2) is 42.5 Å². The van der Waals surface area contributed by atoms with Gasteiger partial charge < -0.3 is 5.32 Å². The van der Waals surface area contributed by atoms with Gasteiger partial charge in [0.15, 0.2) is 0 Å². The molecule has 0 unspecified atom stereocenters. The molecule has 166 valence electrons. The Bertz CT molecular complexity index is 1010. The van der Waals surface area contributed by atoms with Crippen molar-refractivity contribution < 1.29 is 29.2 Å². The van der Waals surface area contributed by atoms with Gasteiger partial charge in [0.2, 0.25) is 0 Å². The molecule has 8 nitrogen and oxygen atoms in total. The molecule has 0 spiro atoms. The van der Waals surface area contributed by atoms with E-state index in [-0.39, 0.29) is 47.9 Å². The molecule has 2 saturated heterocycles. The minimum absolute atomic E-state index is 0.0220. The number of carboxylic acid groups (broad SMARTS) is 1. The molecule has 0 aliphatic carbocycles. The molecular weight excluding hydrogens is 411 g/mol. The van der Waals surface area contributed by atoms with E-state index in [0.29, 0.717) is 31.7 Å². The van der Waals surface area contributed by atoms with Crippen LogP contribution in [-0.4, -0.2) is 65.9 Å². The van der Waals surface area contributed by atoms with Gasteiger partial charge in [-0.2, -0.15) is 0 Å². The number of rotatable bonds is 8. The number of phenols is 1. The Labute approximate surface area is 186 Å². The summed E-state index contributed by atoms with van der Waals surface area (Å²) in [4.78, 5) is 26.2. The number of aromatic hydroxyl groups is 1. The molecule has 0 radical (unpaired) electrons. The summed E-state index contributed by atoms with van der Waals surface area (Å²) < 4.78 is 16.4. The molecule has 2 aromatic carbocycles. The summed E-state index contributed by atoms with van der Waals surface area (Å²) in [7, 11) is 0.714. The second-order valence-corrected chi connectivity index (χ2v) is 8.24. The summed E-state index contributed by atoms with van der Waals surface area (Å²) in [5.41, 5.74) is 1.28. The minimum atomic E-state index is -1.31. The Kier molecular flexibility index (Phi) is 6.55. The van der Waals surface area contributed by atoms with Gasteiger partial charge in [-0.15, -0.1) is 0 Å². The molecule has 1 amide bonds. The first-order chi connectivity index (χ1) is 15.5. The van der Waals surface area contributed by atoms with Crippen molar-refractivity contribution in [2.24, 2.45) is 0 Å². The molecule has 2 aliphatic rings. The standard InChI is InChI=1S/C23H25BN2O6/c27-21-15(8-9-24-31)6-7-19(20(21)23(29)30)32-17-12-26(13-17)22(28)18-10-16(11-25-18)14-4-2-1-3-5-14/h1-7,16-18,25,27H,8-13H2,(H,29,30)/t16-,18-/m0/s1. The Morgan fingerprint density at radius 3 is 2.59 bits per heavy atom. The molecule has 2 aromatic rings. The van der Waals surface area contributed by atoms with Crippen LogP contribution in [0, 0.1) is 0 Å². The zero-order chi connectivity index (χ0) is 22.7. The summed E-state index contributed by atoms with van der Waals surface area (Å²) in [5, 5.41) is 23.1. The average Bonchev–Trinajstić information content (AvgIpc) is 3.25. The van der Waals surface area contributed by atoms with Gasteiger partial charge in [0.05, 0.1) is 0 Å². The molecule has 2 heterocycles. The fourth-order valence-corrected chi connectivity index (χ4v) is 4.33. The molecule has 0 bridgehead atoms. The first-order valence-electron chi connectivity index (χ1n) is 10.7. The SMILES string of the molecule is O=BCCc1ccc(OC2CN(C(=O)[C@@H]3C[C@H](c4ccccc4)CN3)C2)c(C(=O)O)c1O. The summed E-state index contributed by atoms with van der Waals surface area (Å²) in [6.07, 6.45) is 0.834. The number of hydrogen-bond donors (Lipinski definition) is 3. The second kappa shape index (κ2) is 9.52. The maximum atomic E-state index is 12.8. The third-order valence-electron chi connectivity index (χ3n) is 6.12. The van der Waals surface area contributed by atoms with Crippen LogP contribution in [0.2, 0.25) is 6.32 Å². The van der Waals surface area contributed by atoms with E-state index in [1.54, 1.807) is 11.0 Å².